The molecule has 0 aliphatic carbocycles. The van der Waals surface area contributed by atoms with Crippen molar-refractivity contribution in [1.29, 1.82) is 0 Å². The van der Waals surface area contributed by atoms with Gasteiger partial charge in [-0.2, -0.15) is 0 Å². The van der Waals surface area contributed by atoms with Crippen molar-refractivity contribution in [2.75, 3.05) is 18.0 Å². The number of aliphatic imine (C=N–C) groups is 1. The predicted octanol–water partition coefficient (Wildman–Crippen LogP) is 3.43. The van der Waals surface area contributed by atoms with Gasteiger partial charge in [0.25, 0.3) is 5.91 Å². The van der Waals surface area contributed by atoms with Gasteiger partial charge >= 0.3 is 0 Å². The largest absolute Gasteiger partial charge is 0.280 e. The molecule has 0 spiro atoms. The molecule has 0 unspecified atom stereocenters. The molecule has 2 aliphatic heterocycles. The number of nitrogens with zero attached hydrogens (tertiary/aromatic N) is 3. The van der Waals surface area contributed by atoms with E-state index in [1.165, 1.54) is 0 Å². The SMILES string of the molecule is O=C1c2ccccc2N(c2ccccc2)C2=NCCCCN12. The van der Waals surface area contributed by atoms with Crippen LogP contribution in [0.2, 0.25) is 0 Å². The van der Waals surface area contributed by atoms with Crippen LogP contribution >= 0.6 is 0 Å². The van der Waals surface area contributed by atoms with Crippen LogP contribution in [0, 0.1) is 0 Å². The van der Waals surface area contributed by atoms with E-state index >= 15 is 0 Å². The number of benzene rings is 2. The maximum absolute atomic E-state index is 12.8. The first-order valence-corrected chi connectivity index (χ1v) is 7.67. The number of hydrogen-bond acceptors (Lipinski definition) is 3. The Hall–Kier alpha value is -2.62. The van der Waals surface area contributed by atoms with Gasteiger partial charge in [-0.1, -0.05) is 30.3 Å². The first-order chi connectivity index (χ1) is 10.9. The molecule has 0 aromatic heterocycles. The number of carbonyl (C=O) groups is 1. The van der Waals surface area contributed by atoms with Crippen LogP contribution in [0.1, 0.15) is 23.2 Å². The normalized spacial score (nSPS) is 17.5. The fourth-order valence-corrected chi connectivity index (χ4v) is 3.06. The van der Waals surface area contributed by atoms with E-state index < -0.39 is 0 Å². The summed E-state index contributed by atoms with van der Waals surface area (Å²) in [5.74, 6) is 0.816. The van der Waals surface area contributed by atoms with Crippen molar-refractivity contribution in [3.05, 3.63) is 60.2 Å². The Balaban J connectivity index is 1.94. The molecule has 22 heavy (non-hydrogen) atoms. The van der Waals surface area contributed by atoms with E-state index in [2.05, 4.69) is 17.0 Å². The van der Waals surface area contributed by atoms with Crippen LogP contribution in [0.3, 0.4) is 0 Å². The van der Waals surface area contributed by atoms with E-state index in [-0.39, 0.29) is 5.91 Å². The van der Waals surface area contributed by atoms with E-state index in [0.29, 0.717) is 0 Å². The molecular weight excluding hydrogens is 274 g/mol. The van der Waals surface area contributed by atoms with Gasteiger partial charge in [0.15, 0.2) is 0 Å². The number of para-hydroxylation sites is 2. The molecule has 0 saturated carbocycles. The van der Waals surface area contributed by atoms with Gasteiger partial charge in [-0.25, -0.2) is 0 Å². The average Bonchev–Trinajstić information content (AvgIpc) is 2.82. The molecule has 1 amide bonds. The summed E-state index contributed by atoms with van der Waals surface area (Å²) in [6, 6.07) is 17.9. The molecule has 0 saturated heterocycles. The van der Waals surface area contributed by atoms with Gasteiger partial charge in [0, 0.05) is 18.8 Å². The number of amides is 1. The second-order valence-corrected chi connectivity index (χ2v) is 5.53. The summed E-state index contributed by atoms with van der Waals surface area (Å²) in [5, 5.41) is 0. The second-order valence-electron chi connectivity index (χ2n) is 5.53. The van der Waals surface area contributed by atoms with Crippen molar-refractivity contribution in [2.24, 2.45) is 4.99 Å². The molecular formula is C18H17N3O. The van der Waals surface area contributed by atoms with Gasteiger partial charge in [0.05, 0.1) is 11.3 Å². The van der Waals surface area contributed by atoms with Crippen LogP contribution in [0.5, 0.6) is 0 Å². The lowest BCUT2D eigenvalue weighted by atomic mass is 10.1. The third-order valence-electron chi connectivity index (χ3n) is 4.12. The highest BCUT2D eigenvalue weighted by Gasteiger charge is 2.35. The molecule has 4 rings (SSSR count). The summed E-state index contributed by atoms with van der Waals surface area (Å²) in [4.78, 5) is 21.4. The molecule has 0 bridgehead atoms. The quantitative estimate of drug-likeness (QED) is 0.807. The van der Waals surface area contributed by atoms with Gasteiger partial charge in [-0.05, 0) is 37.1 Å². The summed E-state index contributed by atoms with van der Waals surface area (Å²) in [5.41, 5.74) is 2.69. The molecule has 4 heteroatoms. The Morgan fingerprint density at radius 2 is 1.68 bits per heavy atom. The zero-order valence-corrected chi connectivity index (χ0v) is 12.3. The van der Waals surface area contributed by atoms with E-state index in [0.717, 1.165) is 48.8 Å². The molecule has 2 aromatic carbocycles. The number of fused-ring (bicyclic) bond motifs is 2. The van der Waals surface area contributed by atoms with E-state index in [1.807, 2.05) is 47.4 Å². The Kier molecular flexibility index (Phi) is 3.15. The zero-order chi connectivity index (χ0) is 14.9. The fourth-order valence-electron chi connectivity index (χ4n) is 3.06. The third-order valence-corrected chi connectivity index (χ3v) is 4.12. The lowest BCUT2D eigenvalue weighted by Gasteiger charge is -2.38. The molecule has 0 atom stereocenters. The predicted molar refractivity (Wildman–Crippen MR) is 87.6 cm³/mol. The van der Waals surface area contributed by atoms with Crippen molar-refractivity contribution >= 4 is 23.2 Å². The molecule has 2 aromatic rings. The Morgan fingerprint density at radius 1 is 0.909 bits per heavy atom. The van der Waals surface area contributed by atoms with Crippen molar-refractivity contribution in [3.8, 4) is 0 Å². The van der Waals surface area contributed by atoms with Crippen LogP contribution in [-0.2, 0) is 0 Å². The number of guanidine groups is 1. The highest BCUT2D eigenvalue weighted by molar-refractivity contribution is 6.21. The Bertz CT molecular complexity index is 739. The minimum Gasteiger partial charge on any atom is -0.280 e. The Labute approximate surface area is 129 Å². The minimum absolute atomic E-state index is 0.0587. The molecule has 0 N–H and O–H groups in total. The highest BCUT2D eigenvalue weighted by Crippen LogP contribution is 2.35. The van der Waals surface area contributed by atoms with Crippen LogP contribution in [0.15, 0.2) is 59.6 Å². The van der Waals surface area contributed by atoms with Crippen molar-refractivity contribution < 1.29 is 4.79 Å². The molecule has 2 heterocycles. The maximum Gasteiger partial charge on any atom is 0.262 e. The number of rotatable bonds is 1. The van der Waals surface area contributed by atoms with Gasteiger partial charge in [0.1, 0.15) is 0 Å². The van der Waals surface area contributed by atoms with Gasteiger partial charge in [0.2, 0.25) is 5.96 Å². The molecule has 0 fully saturated rings. The molecule has 0 radical (unpaired) electrons. The topological polar surface area (TPSA) is 35.9 Å². The summed E-state index contributed by atoms with van der Waals surface area (Å²) < 4.78 is 0. The first kappa shape index (κ1) is 13.1. The third kappa shape index (κ3) is 1.99. The summed E-state index contributed by atoms with van der Waals surface area (Å²) in [7, 11) is 0. The first-order valence-electron chi connectivity index (χ1n) is 7.67. The van der Waals surface area contributed by atoms with Crippen molar-refractivity contribution in [3.63, 3.8) is 0 Å². The average molecular weight is 291 g/mol. The lowest BCUT2D eigenvalue weighted by molar-refractivity contribution is 0.0841. The van der Waals surface area contributed by atoms with Crippen molar-refractivity contribution in [2.45, 2.75) is 12.8 Å². The minimum atomic E-state index is 0.0587. The summed E-state index contributed by atoms with van der Waals surface area (Å²) >= 11 is 0. The highest BCUT2D eigenvalue weighted by atomic mass is 16.2. The monoisotopic (exact) mass is 291 g/mol. The smallest absolute Gasteiger partial charge is 0.262 e. The maximum atomic E-state index is 12.8. The summed E-state index contributed by atoms with van der Waals surface area (Å²) in [6.45, 7) is 1.50. The van der Waals surface area contributed by atoms with Gasteiger partial charge in [-0.15, -0.1) is 0 Å². The molecule has 4 nitrogen and oxygen atoms in total. The number of hydrogen-bond donors (Lipinski definition) is 0. The molecule has 2 aliphatic rings. The fraction of sp³-hybridized carbons (Fsp3) is 0.222. The second kappa shape index (κ2) is 5.30. The van der Waals surface area contributed by atoms with Crippen LogP contribution in [0.25, 0.3) is 0 Å². The van der Waals surface area contributed by atoms with E-state index in [9.17, 15) is 4.79 Å². The standard InChI is InChI=1S/C18H17N3O/c22-17-15-10-4-5-11-16(15)21(14-8-2-1-3-9-14)18-19-12-6-7-13-20(17)18/h1-5,8-11H,6-7,12-13H2. The van der Waals surface area contributed by atoms with E-state index in [4.69, 9.17) is 4.99 Å². The van der Waals surface area contributed by atoms with E-state index in [1.54, 1.807) is 0 Å². The lowest BCUT2D eigenvalue weighted by Crippen LogP contribution is -2.50. The number of anilines is 2. The Morgan fingerprint density at radius 3 is 2.55 bits per heavy atom. The van der Waals surface area contributed by atoms with Gasteiger partial charge < -0.3 is 0 Å². The molecule has 110 valence electrons. The van der Waals surface area contributed by atoms with Crippen molar-refractivity contribution in [1.82, 2.24) is 4.90 Å². The van der Waals surface area contributed by atoms with Gasteiger partial charge in [-0.3, -0.25) is 19.6 Å². The van der Waals surface area contributed by atoms with Crippen LogP contribution in [-0.4, -0.2) is 29.9 Å². The van der Waals surface area contributed by atoms with Crippen LogP contribution < -0.4 is 4.90 Å². The number of carbonyl (C=O) groups excluding carboxylic acids is 1. The van der Waals surface area contributed by atoms with Crippen LogP contribution in [0.4, 0.5) is 11.4 Å². The summed E-state index contributed by atoms with van der Waals surface area (Å²) in [6.07, 6.45) is 2.01. The zero-order valence-electron chi connectivity index (χ0n) is 12.3.